The van der Waals surface area contributed by atoms with Gasteiger partial charge in [0.15, 0.2) is 0 Å². The van der Waals surface area contributed by atoms with Gasteiger partial charge in [-0.05, 0) is 19.8 Å². The highest BCUT2D eigenvalue weighted by Gasteiger charge is 2.31. The highest BCUT2D eigenvalue weighted by atomic mass is 16.4. The number of carbonyl (C=O) groups is 1. The number of carboxylic acid groups (broad SMARTS) is 1. The Labute approximate surface area is 164 Å². The van der Waals surface area contributed by atoms with Crippen LogP contribution in [0.4, 0.5) is 0 Å². The lowest BCUT2D eigenvalue weighted by molar-refractivity contribution is -0.149. The summed E-state index contributed by atoms with van der Waals surface area (Å²) < 4.78 is 0. The molecule has 1 atom stereocenters. The molecular weight excluding hydrogens is 320 g/mol. The Morgan fingerprint density at radius 3 is 1.12 bits per heavy atom. The largest absolute Gasteiger partial charge is 0.481 e. The van der Waals surface area contributed by atoms with E-state index in [4.69, 9.17) is 0 Å². The van der Waals surface area contributed by atoms with Crippen LogP contribution in [0, 0.1) is 5.41 Å². The van der Waals surface area contributed by atoms with Crippen molar-refractivity contribution < 1.29 is 9.90 Å². The second-order valence-corrected chi connectivity index (χ2v) is 8.67. The predicted molar refractivity (Wildman–Crippen MR) is 115 cm³/mol. The van der Waals surface area contributed by atoms with Crippen molar-refractivity contribution in [3.8, 4) is 0 Å². The maximum atomic E-state index is 11.7. The molecular formula is C24H48O2. The third-order valence-electron chi connectivity index (χ3n) is 5.93. The van der Waals surface area contributed by atoms with Crippen LogP contribution in [0.3, 0.4) is 0 Å². The summed E-state index contributed by atoms with van der Waals surface area (Å²) in [6, 6.07) is 0. The SMILES string of the molecule is CCCCCCCCCCCCC(C)(CCCCCCCCC)C(=O)O. The van der Waals surface area contributed by atoms with E-state index in [1.807, 2.05) is 6.92 Å². The Kier molecular flexibility index (Phi) is 17.5. The van der Waals surface area contributed by atoms with Gasteiger partial charge in [0.05, 0.1) is 5.41 Å². The summed E-state index contributed by atoms with van der Waals surface area (Å²) >= 11 is 0. The first-order chi connectivity index (χ1) is 12.6. The maximum absolute atomic E-state index is 11.7. The van der Waals surface area contributed by atoms with Crippen LogP contribution in [0.5, 0.6) is 0 Å². The summed E-state index contributed by atoms with van der Waals surface area (Å²) in [7, 11) is 0. The average molecular weight is 369 g/mol. The van der Waals surface area contributed by atoms with Crippen LogP contribution in [-0.4, -0.2) is 11.1 Å². The molecule has 26 heavy (non-hydrogen) atoms. The first kappa shape index (κ1) is 25.5. The Morgan fingerprint density at radius 2 is 0.846 bits per heavy atom. The predicted octanol–water partition coefficient (Wildman–Crippen LogP) is 8.53. The van der Waals surface area contributed by atoms with E-state index in [9.17, 15) is 9.90 Å². The first-order valence-corrected chi connectivity index (χ1v) is 11.8. The molecule has 0 heterocycles. The highest BCUT2D eigenvalue weighted by molar-refractivity contribution is 5.74. The number of aliphatic carboxylic acids is 1. The summed E-state index contributed by atoms with van der Waals surface area (Å²) in [5.41, 5.74) is -0.496. The molecule has 0 bridgehead atoms. The lowest BCUT2D eigenvalue weighted by atomic mass is 9.80. The van der Waals surface area contributed by atoms with Crippen molar-refractivity contribution in [2.45, 2.75) is 143 Å². The van der Waals surface area contributed by atoms with Crippen LogP contribution in [0.1, 0.15) is 143 Å². The lowest BCUT2D eigenvalue weighted by Crippen LogP contribution is -2.27. The van der Waals surface area contributed by atoms with E-state index >= 15 is 0 Å². The number of hydrogen-bond acceptors (Lipinski definition) is 1. The van der Waals surface area contributed by atoms with Gasteiger partial charge in [-0.25, -0.2) is 0 Å². The molecule has 2 heteroatoms. The molecule has 0 aromatic heterocycles. The Balaban J connectivity index is 3.68. The molecule has 0 aromatic carbocycles. The van der Waals surface area contributed by atoms with Crippen molar-refractivity contribution in [1.82, 2.24) is 0 Å². The Hall–Kier alpha value is -0.530. The minimum atomic E-state index is -0.584. The topological polar surface area (TPSA) is 37.3 Å². The molecule has 0 aliphatic carbocycles. The zero-order valence-corrected chi connectivity index (χ0v) is 18.3. The minimum absolute atomic E-state index is 0.496. The van der Waals surface area contributed by atoms with Crippen LogP contribution in [0.15, 0.2) is 0 Å². The van der Waals surface area contributed by atoms with Crippen LogP contribution < -0.4 is 0 Å². The molecule has 0 aromatic rings. The lowest BCUT2D eigenvalue weighted by Gasteiger charge is -2.24. The van der Waals surface area contributed by atoms with Gasteiger partial charge in [-0.15, -0.1) is 0 Å². The normalized spacial score (nSPS) is 13.7. The van der Waals surface area contributed by atoms with Crippen LogP contribution in [0.25, 0.3) is 0 Å². The van der Waals surface area contributed by atoms with Crippen molar-refractivity contribution in [2.75, 3.05) is 0 Å². The third-order valence-corrected chi connectivity index (χ3v) is 5.93. The van der Waals surface area contributed by atoms with Gasteiger partial charge in [-0.1, -0.05) is 123 Å². The zero-order valence-electron chi connectivity index (χ0n) is 18.3. The molecule has 156 valence electrons. The number of unbranched alkanes of at least 4 members (excludes halogenated alkanes) is 15. The highest BCUT2D eigenvalue weighted by Crippen LogP contribution is 2.32. The Bertz CT molecular complexity index is 313. The molecule has 0 saturated heterocycles. The van der Waals surface area contributed by atoms with Crippen molar-refractivity contribution in [3.05, 3.63) is 0 Å². The molecule has 0 aliphatic rings. The summed E-state index contributed by atoms with van der Waals surface area (Å²) in [5.74, 6) is -0.584. The van der Waals surface area contributed by atoms with E-state index in [-0.39, 0.29) is 0 Å². The van der Waals surface area contributed by atoms with Gasteiger partial charge < -0.3 is 5.11 Å². The minimum Gasteiger partial charge on any atom is -0.481 e. The molecule has 0 rings (SSSR count). The molecule has 0 spiro atoms. The molecule has 2 nitrogen and oxygen atoms in total. The van der Waals surface area contributed by atoms with Crippen molar-refractivity contribution in [2.24, 2.45) is 5.41 Å². The summed E-state index contributed by atoms with van der Waals surface area (Å²) in [6.07, 6.45) is 23.7. The molecule has 1 unspecified atom stereocenters. The molecule has 1 N–H and O–H groups in total. The fourth-order valence-corrected chi connectivity index (χ4v) is 3.81. The van der Waals surface area contributed by atoms with Gasteiger partial charge in [-0.3, -0.25) is 4.79 Å². The van der Waals surface area contributed by atoms with Gasteiger partial charge in [0.1, 0.15) is 0 Å². The van der Waals surface area contributed by atoms with E-state index in [1.165, 1.54) is 96.3 Å². The molecule has 0 aliphatic heterocycles. The standard InChI is InChI=1S/C24H48O2/c1-4-6-8-10-12-13-14-16-18-20-22-24(3,23(25)26)21-19-17-15-11-9-7-5-2/h4-22H2,1-3H3,(H,25,26). The quantitative estimate of drug-likeness (QED) is 0.219. The maximum Gasteiger partial charge on any atom is 0.309 e. The fraction of sp³-hybridized carbons (Fsp3) is 0.958. The van der Waals surface area contributed by atoms with Gasteiger partial charge in [0.25, 0.3) is 0 Å². The van der Waals surface area contributed by atoms with Gasteiger partial charge in [0, 0.05) is 0 Å². The second kappa shape index (κ2) is 17.9. The first-order valence-electron chi connectivity index (χ1n) is 11.8. The summed E-state index contributed by atoms with van der Waals surface area (Å²) in [5, 5.41) is 9.65. The summed E-state index contributed by atoms with van der Waals surface area (Å²) in [4.78, 5) is 11.7. The van der Waals surface area contributed by atoms with E-state index in [1.54, 1.807) is 0 Å². The van der Waals surface area contributed by atoms with Gasteiger partial charge >= 0.3 is 5.97 Å². The van der Waals surface area contributed by atoms with E-state index in [2.05, 4.69) is 13.8 Å². The average Bonchev–Trinajstić information content (AvgIpc) is 2.62. The third kappa shape index (κ3) is 14.6. The van der Waals surface area contributed by atoms with E-state index < -0.39 is 11.4 Å². The zero-order chi connectivity index (χ0) is 19.5. The summed E-state index contributed by atoms with van der Waals surface area (Å²) in [6.45, 7) is 6.48. The molecule has 0 radical (unpaired) electrons. The monoisotopic (exact) mass is 368 g/mol. The van der Waals surface area contributed by atoms with Crippen LogP contribution >= 0.6 is 0 Å². The van der Waals surface area contributed by atoms with Crippen molar-refractivity contribution in [1.29, 1.82) is 0 Å². The number of rotatable bonds is 20. The molecule has 0 saturated carbocycles. The molecule has 0 amide bonds. The Morgan fingerprint density at radius 1 is 0.577 bits per heavy atom. The number of hydrogen-bond donors (Lipinski definition) is 1. The fourth-order valence-electron chi connectivity index (χ4n) is 3.81. The van der Waals surface area contributed by atoms with E-state index in [0.717, 1.165) is 25.7 Å². The smallest absolute Gasteiger partial charge is 0.309 e. The number of carboxylic acids is 1. The molecule has 0 fully saturated rings. The second-order valence-electron chi connectivity index (χ2n) is 8.67. The van der Waals surface area contributed by atoms with Gasteiger partial charge in [-0.2, -0.15) is 0 Å². The van der Waals surface area contributed by atoms with Crippen LogP contribution in [0.2, 0.25) is 0 Å². The van der Waals surface area contributed by atoms with Gasteiger partial charge in [0.2, 0.25) is 0 Å². The van der Waals surface area contributed by atoms with Crippen molar-refractivity contribution in [3.63, 3.8) is 0 Å². The van der Waals surface area contributed by atoms with Crippen molar-refractivity contribution >= 4 is 5.97 Å². The van der Waals surface area contributed by atoms with Crippen LogP contribution in [-0.2, 0) is 4.79 Å². The van der Waals surface area contributed by atoms with E-state index in [0.29, 0.717) is 0 Å².